The standard InChI is InChI=1S/C27H24N4O/c1-18(2)21-7-3-4-8-22(21)26-30-24-14-16-32-25(24)27(31-26)29-17-19-10-12-20(13-11-19)23-9-5-6-15-28-23/h3-16,18H,17H2,1-2H3,(H,29,30,31). The highest BCUT2D eigenvalue weighted by atomic mass is 16.3. The SMILES string of the molecule is CC(C)c1ccccc1-c1nc(NCc2ccc(-c3ccccn3)cc2)c2occc2n1. The summed E-state index contributed by atoms with van der Waals surface area (Å²) in [5, 5.41) is 3.45. The highest BCUT2D eigenvalue weighted by molar-refractivity contribution is 5.85. The molecule has 5 heteroatoms. The summed E-state index contributed by atoms with van der Waals surface area (Å²) >= 11 is 0. The van der Waals surface area contributed by atoms with E-state index in [0.717, 1.165) is 27.9 Å². The van der Waals surface area contributed by atoms with Gasteiger partial charge in [-0.1, -0.05) is 68.4 Å². The fourth-order valence-corrected chi connectivity index (χ4v) is 3.82. The van der Waals surface area contributed by atoms with Gasteiger partial charge in [0.05, 0.1) is 12.0 Å². The van der Waals surface area contributed by atoms with Gasteiger partial charge in [0, 0.05) is 29.9 Å². The monoisotopic (exact) mass is 420 g/mol. The molecule has 0 saturated heterocycles. The molecule has 5 rings (SSSR count). The summed E-state index contributed by atoms with van der Waals surface area (Å²) in [6, 6.07) is 24.5. The van der Waals surface area contributed by atoms with Crippen LogP contribution in [0, 0.1) is 0 Å². The molecule has 0 fully saturated rings. The van der Waals surface area contributed by atoms with Crippen LogP contribution < -0.4 is 5.32 Å². The van der Waals surface area contributed by atoms with Gasteiger partial charge in [-0.15, -0.1) is 0 Å². The van der Waals surface area contributed by atoms with E-state index in [2.05, 4.69) is 66.6 Å². The molecule has 3 aromatic heterocycles. The van der Waals surface area contributed by atoms with Crippen molar-refractivity contribution in [1.82, 2.24) is 15.0 Å². The van der Waals surface area contributed by atoms with Crippen LogP contribution in [-0.4, -0.2) is 15.0 Å². The minimum atomic E-state index is 0.379. The molecular weight excluding hydrogens is 396 g/mol. The van der Waals surface area contributed by atoms with E-state index in [-0.39, 0.29) is 0 Å². The number of furan rings is 1. The van der Waals surface area contributed by atoms with Gasteiger partial charge in [-0.05, 0) is 29.2 Å². The molecule has 0 amide bonds. The lowest BCUT2D eigenvalue weighted by Gasteiger charge is -2.13. The Hall–Kier alpha value is -3.99. The number of pyridine rings is 1. The second-order valence-electron chi connectivity index (χ2n) is 8.04. The van der Waals surface area contributed by atoms with Gasteiger partial charge in [0.2, 0.25) is 0 Å². The first-order valence-electron chi connectivity index (χ1n) is 10.8. The maximum atomic E-state index is 5.69. The van der Waals surface area contributed by atoms with Gasteiger partial charge >= 0.3 is 0 Å². The van der Waals surface area contributed by atoms with Crippen molar-refractivity contribution in [2.45, 2.75) is 26.3 Å². The Morgan fingerprint density at radius 3 is 2.47 bits per heavy atom. The minimum Gasteiger partial charge on any atom is -0.459 e. The van der Waals surface area contributed by atoms with E-state index in [1.54, 1.807) is 6.26 Å². The average Bonchev–Trinajstić information content (AvgIpc) is 3.32. The molecular formula is C27H24N4O. The van der Waals surface area contributed by atoms with E-state index in [9.17, 15) is 0 Å². The van der Waals surface area contributed by atoms with Crippen molar-refractivity contribution in [3.05, 3.63) is 96.4 Å². The number of rotatable bonds is 6. The maximum Gasteiger partial charge on any atom is 0.194 e. The van der Waals surface area contributed by atoms with Crippen molar-refractivity contribution >= 4 is 16.9 Å². The zero-order chi connectivity index (χ0) is 21.9. The van der Waals surface area contributed by atoms with Crippen LogP contribution in [0.1, 0.15) is 30.9 Å². The molecule has 0 atom stereocenters. The zero-order valence-electron chi connectivity index (χ0n) is 18.1. The number of anilines is 1. The Morgan fingerprint density at radius 1 is 0.875 bits per heavy atom. The maximum absolute atomic E-state index is 5.69. The van der Waals surface area contributed by atoms with Gasteiger partial charge in [0.25, 0.3) is 0 Å². The normalized spacial score (nSPS) is 11.2. The largest absolute Gasteiger partial charge is 0.459 e. The lowest BCUT2D eigenvalue weighted by Crippen LogP contribution is -2.04. The molecule has 0 radical (unpaired) electrons. The van der Waals surface area contributed by atoms with Crippen molar-refractivity contribution in [2.24, 2.45) is 0 Å². The highest BCUT2D eigenvalue weighted by Gasteiger charge is 2.15. The van der Waals surface area contributed by atoms with Crippen LogP contribution in [0.25, 0.3) is 33.7 Å². The molecule has 3 heterocycles. The minimum absolute atomic E-state index is 0.379. The average molecular weight is 421 g/mol. The second kappa shape index (κ2) is 8.63. The summed E-state index contributed by atoms with van der Waals surface area (Å²) in [5.74, 6) is 1.78. The fraction of sp³-hybridized carbons (Fsp3) is 0.148. The van der Waals surface area contributed by atoms with E-state index in [0.29, 0.717) is 29.7 Å². The van der Waals surface area contributed by atoms with E-state index < -0.39 is 0 Å². The Bertz CT molecular complexity index is 1340. The number of hydrogen-bond acceptors (Lipinski definition) is 5. The smallest absolute Gasteiger partial charge is 0.194 e. The first kappa shape index (κ1) is 19.9. The van der Waals surface area contributed by atoms with Crippen LogP contribution in [0.4, 0.5) is 5.82 Å². The molecule has 2 aromatic carbocycles. The quantitative estimate of drug-likeness (QED) is 0.332. The third kappa shape index (κ3) is 3.97. The van der Waals surface area contributed by atoms with Crippen LogP contribution in [0.5, 0.6) is 0 Å². The molecule has 5 nitrogen and oxygen atoms in total. The molecule has 158 valence electrons. The van der Waals surface area contributed by atoms with Gasteiger partial charge in [-0.25, -0.2) is 9.97 Å². The first-order chi connectivity index (χ1) is 15.7. The van der Waals surface area contributed by atoms with Crippen molar-refractivity contribution in [1.29, 1.82) is 0 Å². The zero-order valence-corrected chi connectivity index (χ0v) is 18.1. The molecule has 0 aliphatic carbocycles. The third-order valence-corrected chi connectivity index (χ3v) is 5.50. The summed E-state index contributed by atoms with van der Waals surface area (Å²) in [7, 11) is 0. The van der Waals surface area contributed by atoms with Crippen LogP contribution in [0.15, 0.2) is 89.7 Å². The number of aromatic nitrogens is 3. The summed E-state index contributed by atoms with van der Waals surface area (Å²) in [6.07, 6.45) is 3.47. The number of nitrogens with zero attached hydrogens (tertiary/aromatic N) is 3. The lowest BCUT2D eigenvalue weighted by molar-refractivity contribution is 0.614. The van der Waals surface area contributed by atoms with Crippen LogP contribution in [-0.2, 0) is 6.54 Å². The molecule has 0 bridgehead atoms. The number of nitrogens with one attached hydrogen (secondary N) is 1. The predicted molar refractivity (Wildman–Crippen MR) is 128 cm³/mol. The van der Waals surface area contributed by atoms with Gasteiger partial charge in [-0.2, -0.15) is 0 Å². The molecule has 0 spiro atoms. The molecule has 0 aliphatic rings. The highest BCUT2D eigenvalue weighted by Crippen LogP contribution is 2.31. The summed E-state index contributed by atoms with van der Waals surface area (Å²) in [4.78, 5) is 14.0. The lowest BCUT2D eigenvalue weighted by atomic mass is 9.97. The van der Waals surface area contributed by atoms with Crippen LogP contribution in [0.3, 0.4) is 0 Å². The Kier molecular flexibility index (Phi) is 5.38. The summed E-state index contributed by atoms with van der Waals surface area (Å²) in [6.45, 7) is 4.99. The van der Waals surface area contributed by atoms with E-state index in [1.165, 1.54) is 5.56 Å². The molecule has 0 aliphatic heterocycles. The van der Waals surface area contributed by atoms with Crippen molar-refractivity contribution < 1.29 is 4.42 Å². The van der Waals surface area contributed by atoms with Crippen molar-refractivity contribution in [3.8, 4) is 22.6 Å². The summed E-state index contributed by atoms with van der Waals surface area (Å²) < 4.78 is 5.69. The Morgan fingerprint density at radius 2 is 1.69 bits per heavy atom. The van der Waals surface area contributed by atoms with E-state index in [4.69, 9.17) is 14.4 Å². The van der Waals surface area contributed by atoms with Crippen LogP contribution in [0.2, 0.25) is 0 Å². The number of benzene rings is 2. The molecule has 0 saturated carbocycles. The van der Waals surface area contributed by atoms with Crippen molar-refractivity contribution in [3.63, 3.8) is 0 Å². The first-order valence-corrected chi connectivity index (χ1v) is 10.8. The number of fused-ring (bicyclic) bond motifs is 1. The van der Waals surface area contributed by atoms with Crippen LogP contribution >= 0.6 is 0 Å². The van der Waals surface area contributed by atoms with Gasteiger partial charge < -0.3 is 9.73 Å². The van der Waals surface area contributed by atoms with Gasteiger partial charge in [-0.3, -0.25) is 4.98 Å². The number of hydrogen-bond donors (Lipinski definition) is 1. The van der Waals surface area contributed by atoms with E-state index >= 15 is 0 Å². The van der Waals surface area contributed by atoms with Gasteiger partial charge in [0.15, 0.2) is 17.2 Å². The Labute approximate surface area is 187 Å². The third-order valence-electron chi connectivity index (χ3n) is 5.50. The van der Waals surface area contributed by atoms with E-state index in [1.807, 2.05) is 36.5 Å². The predicted octanol–water partition coefficient (Wildman–Crippen LogP) is 6.69. The molecule has 1 N–H and O–H groups in total. The fourth-order valence-electron chi connectivity index (χ4n) is 3.82. The topological polar surface area (TPSA) is 63.8 Å². The molecule has 5 aromatic rings. The molecule has 0 unspecified atom stereocenters. The summed E-state index contributed by atoms with van der Waals surface area (Å²) in [5.41, 5.74) is 6.94. The second-order valence-corrected chi connectivity index (χ2v) is 8.04. The van der Waals surface area contributed by atoms with Crippen molar-refractivity contribution in [2.75, 3.05) is 5.32 Å². The Balaban J connectivity index is 1.43. The molecule has 32 heavy (non-hydrogen) atoms. The van der Waals surface area contributed by atoms with Gasteiger partial charge in [0.1, 0.15) is 5.52 Å².